The highest BCUT2D eigenvalue weighted by Gasteiger charge is 2.22. The molecule has 0 fully saturated rings. The lowest BCUT2D eigenvalue weighted by Crippen LogP contribution is -2.31. The fourth-order valence-corrected chi connectivity index (χ4v) is 3.35. The van der Waals surface area contributed by atoms with E-state index in [1.54, 1.807) is 12.1 Å². The first-order valence-electron chi connectivity index (χ1n) is 6.66. The van der Waals surface area contributed by atoms with Gasteiger partial charge < -0.3 is 4.98 Å². The fraction of sp³-hybridized carbons (Fsp3) is 0.286. The Morgan fingerprint density at radius 1 is 1.05 bits per heavy atom. The molecule has 0 aliphatic heterocycles. The van der Waals surface area contributed by atoms with E-state index in [2.05, 4.69) is 9.71 Å². The van der Waals surface area contributed by atoms with Crippen molar-refractivity contribution in [3.05, 3.63) is 56.4 Å². The molecule has 0 amide bonds. The molecule has 3 N–H and O–H groups in total. The van der Waals surface area contributed by atoms with Gasteiger partial charge in [-0.05, 0) is 30.5 Å². The fourth-order valence-electron chi connectivity index (χ4n) is 2.05. The highest BCUT2D eigenvalue weighted by Crippen LogP contribution is 2.19. The minimum atomic E-state index is -4.09. The Morgan fingerprint density at radius 3 is 2.14 bits per heavy atom. The predicted octanol–water partition coefficient (Wildman–Crippen LogP) is 1.30. The van der Waals surface area contributed by atoms with Crippen LogP contribution < -0.4 is 16.0 Å². The molecular weight excluding hydrogens is 306 g/mol. The summed E-state index contributed by atoms with van der Waals surface area (Å²) in [5.41, 5.74) is -0.300. The van der Waals surface area contributed by atoms with Crippen LogP contribution in [0.4, 0.5) is 5.69 Å². The van der Waals surface area contributed by atoms with Gasteiger partial charge >= 0.3 is 5.69 Å². The minimum absolute atomic E-state index is 0.0138. The summed E-state index contributed by atoms with van der Waals surface area (Å²) in [7, 11) is -4.09. The number of aromatic nitrogens is 2. The normalized spacial score (nSPS) is 11.6. The summed E-state index contributed by atoms with van der Waals surface area (Å²) in [4.78, 5) is 26.5. The maximum absolute atomic E-state index is 12.3. The van der Waals surface area contributed by atoms with Crippen molar-refractivity contribution in [2.45, 2.75) is 31.6 Å². The Balaban J connectivity index is 2.40. The summed E-state index contributed by atoms with van der Waals surface area (Å²) >= 11 is 0. The summed E-state index contributed by atoms with van der Waals surface area (Å²) in [5.74, 6) is 0.329. The smallest absolute Gasteiger partial charge is 0.310 e. The number of anilines is 1. The van der Waals surface area contributed by atoms with E-state index in [1.807, 2.05) is 31.0 Å². The Hall–Kier alpha value is -2.35. The van der Waals surface area contributed by atoms with Gasteiger partial charge in [0, 0.05) is 11.4 Å². The number of sulfonamides is 1. The third-order valence-electron chi connectivity index (χ3n) is 3.17. The molecule has 1 heterocycles. The molecule has 0 spiro atoms. The Kier molecular flexibility index (Phi) is 4.23. The lowest BCUT2D eigenvalue weighted by molar-refractivity contribution is 0.598. The summed E-state index contributed by atoms with van der Waals surface area (Å²) in [5, 5.41) is 0. The molecule has 1 aromatic heterocycles. The van der Waals surface area contributed by atoms with Gasteiger partial charge in [0.25, 0.3) is 15.6 Å². The van der Waals surface area contributed by atoms with Gasteiger partial charge in [0.1, 0.15) is 0 Å². The van der Waals surface area contributed by atoms with Crippen molar-refractivity contribution in [2.75, 3.05) is 4.72 Å². The second-order valence-electron chi connectivity index (χ2n) is 5.24. The molecule has 0 bridgehead atoms. The highest BCUT2D eigenvalue weighted by molar-refractivity contribution is 7.92. The molecule has 0 aliphatic rings. The first-order chi connectivity index (χ1) is 10.2. The third-order valence-corrected chi connectivity index (χ3v) is 4.71. The topological polar surface area (TPSA) is 112 Å². The van der Waals surface area contributed by atoms with Crippen molar-refractivity contribution in [1.29, 1.82) is 0 Å². The van der Waals surface area contributed by atoms with Crippen LogP contribution in [0.25, 0.3) is 0 Å². The number of nitrogens with one attached hydrogen (secondary N) is 3. The number of hydrogen-bond acceptors (Lipinski definition) is 4. The zero-order valence-electron chi connectivity index (χ0n) is 12.4. The number of aryl methyl sites for hydroxylation is 1. The van der Waals surface area contributed by atoms with Crippen LogP contribution in [-0.4, -0.2) is 18.4 Å². The molecule has 0 radical (unpaired) electrons. The van der Waals surface area contributed by atoms with Crippen LogP contribution in [0, 0.1) is 6.92 Å². The quantitative estimate of drug-likeness (QED) is 0.787. The SMILES string of the molecule is Cc1[nH]c(=O)[nH]c(=O)c1S(=O)(=O)Nc1ccc(C(C)C)cc1. The van der Waals surface area contributed by atoms with Crippen molar-refractivity contribution in [3.8, 4) is 0 Å². The number of hydrogen-bond donors (Lipinski definition) is 3. The zero-order valence-corrected chi connectivity index (χ0v) is 13.2. The molecule has 1 aromatic carbocycles. The van der Waals surface area contributed by atoms with Crippen molar-refractivity contribution in [1.82, 2.24) is 9.97 Å². The maximum atomic E-state index is 12.3. The summed E-state index contributed by atoms with van der Waals surface area (Å²) in [6.45, 7) is 5.41. The Bertz CT molecular complexity index is 893. The largest absolute Gasteiger partial charge is 0.325 e. The van der Waals surface area contributed by atoms with E-state index in [1.165, 1.54) is 6.92 Å². The van der Waals surface area contributed by atoms with Crippen LogP contribution in [0.2, 0.25) is 0 Å². The second-order valence-corrected chi connectivity index (χ2v) is 6.86. The average Bonchev–Trinajstić information content (AvgIpc) is 2.36. The second kappa shape index (κ2) is 5.80. The molecule has 22 heavy (non-hydrogen) atoms. The number of aromatic amines is 2. The molecule has 2 aromatic rings. The van der Waals surface area contributed by atoms with Gasteiger partial charge in [-0.15, -0.1) is 0 Å². The molecule has 0 unspecified atom stereocenters. The zero-order chi connectivity index (χ0) is 16.5. The van der Waals surface area contributed by atoms with Crippen LogP contribution in [0.15, 0.2) is 38.8 Å². The maximum Gasteiger partial charge on any atom is 0.325 e. The van der Waals surface area contributed by atoms with Gasteiger partial charge in [0.05, 0.1) is 0 Å². The van der Waals surface area contributed by atoms with Crippen LogP contribution >= 0.6 is 0 Å². The van der Waals surface area contributed by atoms with E-state index in [-0.39, 0.29) is 5.69 Å². The van der Waals surface area contributed by atoms with Crippen LogP contribution in [0.1, 0.15) is 31.0 Å². The van der Waals surface area contributed by atoms with Crippen LogP contribution in [0.3, 0.4) is 0 Å². The average molecular weight is 323 g/mol. The molecule has 118 valence electrons. The molecule has 0 aliphatic carbocycles. The standard InChI is InChI=1S/C14H17N3O4S/c1-8(2)10-4-6-11(7-5-10)17-22(20,21)12-9(3)15-14(19)16-13(12)18/h4-8,17H,1-3H3,(H2,15,16,18,19). The van der Waals surface area contributed by atoms with Crippen LogP contribution in [0.5, 0.6) is 0 Å². The Labute approximate surface area is 127 Å². The van der Waals surface area contributed by atoms with Crippen molar-refractivity contribution >= 4 is 15.7 Å². The summed E-state index contributed by atoms with van der Waals surface area (Å²) in [6.07, 6.45) is 0. The van der Waals surface area contributed by atoms with Gasteiger partial charge in [-0.2, -0.15) is 0 Å². The van der Waals surface area contributed by atoms with E-state index < -0.39 is 26.2 Å². The Morgan fingerprint density at radius 2 is 1.64 bits per heavy atom. The van der Waals surface area contributed by atoms with Crippen molar-refractivity contribution in [2.24, 2.45) is 0 Å². The molecule has 0 saturated carbocycles. The van der Waals surface area contributed by atoms with Gasteiger partial charge in [0.2, 0.25) is 0 Å². The lowest BCUT2D eigenvalue weighted by atomic mass is 10.0. The lowest BCUT2D eigenvalue weighted by Gasteiger charge is -2.10. The first-order valence-corrected chi connectivity index (χ1v) is 8.15. The molecule has 0 atom stereocenters. The summed E-state index contributed by atoms with van der Waals surface area (Å²) in [6, 6.07) is 6.88. The molecule has 0 saturated heterocycles. The molecular formula is C14H17N3O4S. The monoisotopic (exact) mass is 323 g/mol. The van der Waals surface area contributed by atoms with Gasteiger partial charge in [-0.3, -0.25) is 14.5 Å². The molecule has 7 nitrogen and oxygen atoms in total. The van der Waals surface area contributed by atoms with Gasteiger partial charge in [-0.1, -0.05) is 26.0 Å². The number of rotatable bonds is 4. The highest BCUT2D eigenvalue weighted by atomic mass is 32.2. The number of H-pyrrole nitrogens is 2. The first kappa shape index (κ1) is 16.0. The molecule has 2 rings (SSSR count). The van der Waals surface area contributed by atoms with E-state index in [4.69, 9.17) is 0 Å². The van der Waals surface area contributed by atoms with E-state index in [9.17, 15) is 18.0 Å². The van der Waals surface area contributed by atoms with Gasteiger partial charge in [-0.25, -0.2) is 13.2 Å². The predicted molar refractivity (Wildman–Crippen MR) is 83.8 cm³/mol. The molecule has 8 heteroatoms. The van der Waals surface area contributed by atoms with Crippen molar-refractivity contribution in [3.63, 3.8) is 0 Å². The number of benzene rings is 1. The van der Waals surface area contributed by atoms with E-state index in [0.717, 1.165) is 5.56 Å². The van der Waals surface area contributed by atoms with E-state index >= 15 is 0 Å². The minimum Gasteiger partial charge on any atom is -0.310 e. The van der Waals surface area contributed by atoms with Crippen molar-refractivity contribution < 1.29 is 8.42 Å². The van der Waals surface area contributed by atoms with E-state index in [0.29, 0.717) is 11.6 Å². The third kappa shape index (κ3) is 3.28. The summed E-state index contributed by atoms with van der Waals surface area (Å²) < 4.78 is 27.0. The van der Waals surface area contributed by atoms with Gasteiger partial charge in [0.15, 0.2) is 4.90 Å². The van der Waals surface area contributed by atoms with Crippen LogP contribution in [-0.2, 0) is 10.0 Å².